The first kappa shape index (κ1) is 8.90. The highest BCUT2D eigenvalue weighted by molar-refractivity contribution is 5.74. The number of carbonyl (C=O) groups is 2. The van der Waals surface area contributed by atoms with Crippen LogP contribution in [0.4, 0.5) is 0 Å². The van der Waals surface area contributed by atoms with Gasteiger partial charge in [0.25, 0.3) is 0 Å². The Bertz CT molecular complexity index is 145. The predicted molar refractivity (Wildman–Crippen MR) is 29.9 cm³/mol. The summed E-state index contributed by atoms with van der Waals surface area (Å²) in [7, 11) is 0. The van der Waals surface area contributed by atoms with Crippen LogP contribution in [-0.4, -0.2) is 23.1 Å². The van der Waals surface area contributed by atoms with Crippen molar-refractivity contribution in [3.8, 4) is 0 Å². The Labute approximate surface area is 57.5 Å². The van der Waals surface area contributed by atoms with Gasteiger partial charge < -0.3 is 20.7 Å². The quantitative estimate of drug-likeness (QED) is 0.474. The largest absolute Gasteiger partial charge is 0.550 e. The summed E-state index contributed by atoms with van der Waals surface area (Å²) in [6.07, 6.45) is -0.398. The van der Waals surface area contributed by atoms with Gasteiger partial charge >= 0.3 is 5.97 Å². The number of hydrogen-bond donors (Lipinski definition) is 2. The molecule has 0 rings (SSSR count). The smallest absolute Gasteiger partial charge is 0.320 e. The van der Waals surface area contributed by atoms with E-state index >= 15 is 0 Å². The van der Waals surface area contributed by atoms with Crippen molar-refractivity contribution < 1.29 is 19.8 Å². The molecule has 0 radical (unpaired) electrons. The lowest BCUT2D eigenvalue weighted by atomic mass is 10.2. The fraction of sp³-hybridized carbons (Fsp3) is 0.600. The first-order valence-electron chi connectivity index (χ1n) is 2.72. The molecule has 0 aromatic rings. The van der Waals surface area contributed by atoms with E-state index < -0.39 is 18.0 Å². The van der Waals surface area contributed by atoms with Gasteiger partial charge in [-0.25, -0.2) is 0 Å². The molecule has 0 saturated heterocycles. The van der Waals surface area contributed by atoms with E-state index in [0.29, 0.717) is 0 Å². The van der Waals surface area contributed by atoms with Crippen LogP contribution in [0.5, 0.6) is 0 Å². The molecule has 0 bridgehead atoms. The molecule has 1 unspecified atom stereocenters. The van der Waals surface area contributed by atoms with Crippen molar-refractivity contribution in [1.29, 1.82) is 0 Å². The highest BCUT2D eigenvalue weighted by atomic mass is 16.4. The fourth-order valence-electron chi connectivity index (χ4n) is 0.397. The van der Waals surface area contributed by atoms with Gasteiger partial charge in [0.2, 0.25) is 0 Å². The van der Waals surface area contributed by atoms with Gasteiger partial charge in [-0.3, -0.25) is 4.79 Å². The molecule has 0 aromatic carbocycles. The minimum atomic E-state index is -1.28. The monoisotopic (exact) mass is 146 g/mol. The van der Waals surface area contributed by atoms with Crippen LogP contribution < -0.4 is 10.8 Å². The van der Waals surface area contributed by atoms with E-state index in [-0.39, 0.29) is 12.8 Å². The Morgan fingerprint density at radius 3 is 2.40 bits per heavy atom. The molecule has 0 aliphatic rings. The van der Waals surface area contributed by atoms with E-state index in [2.05, 4.69) is 0 Å². The molecule has 0 heterocycles. The standard InChI is InChI=1S/C5H9NO4/c6-3(5(9)10)1-2-4(7)8/h3H,1-2,6H2,(H,7,8)(H,9,10)/p-1. The van der Waals surface area contributed by atoms with E-state index in [1.165, 1.54) is 0 Å². The Balaban J connectivity index is 3.49. The Kier molecular flexibility index (Phi) is 3.42. The predicted octanol–water partition coefficient (Wildman–Crippen LogP) is -2.07. The van der Waals surface area contributed by atoms with Crippen LogP contribution in [-0.2, 0) is 9.59 Å². The summed E-state index contributed by atoms with van der Waals surface area (Å²) in [5.74, 6) is -2.47. The second kappa shape index (κ2) is 3.84. The van der Waals surface area contributed by atoms with Gasteiger partial charge in [-0.05, 0) is 12.8 Å². The topological polar surface area (TPSA) is 103 Å². The first-order chi connectivity index (χ1) is 4.54. The van der Waals surface area contributed by atoms with E-state index in [0.717, 1.165) is 0 Å². The maximum Gasteiger partial charge on any atom is 0.320 e. The van der Waals surface area contributed by atoms with E-state index in [4.69, 9.17) is 10.8 Å². The second-order valence-corrected chi connectivity index (χ2v) is 1.86. The number of carboxylic acids is 2. The van der Waals surface area contributed by atoms with Crippen molar-refractivity contribution in [3.05, 3.63) is 0 Å². The third-order valence-corrected chi connectivity index (χ3v) is 0.977. The Hall–Kier alpha value is -1.10. The number of carbonyl (C=O) groups excluding carboxylic acids is 1. The van der Waals surface area contributed by atoms with Gasteiger partial charge in [0.05, 0.1) is 0 Å². The van der Waals surface area contributed by atoms with Gasteiger partial charge in [0.15, 0.2) is 0 Å². The molecule has 0 aromatic heterocycles. The fourth-order valence-corrected chi connectivity index (χ4v) is 0.397. The molecule has 5 heteroatoms. The normalized spacial score (nSPS) is 12.5. The molecule has 0 spiro atoms. The maximum absolute atomic E-state index is 9.97. The van der Waals surface area contributed by atoms with Crippen molar-refractivity contribution in [2.75, 3.05) is 0 Å². The summed E-state index contributed by atoms with van der Waals surface area (Å²) in [6, 6.07) is -1.10. The van der Waals surface area contributed by atoms with Crippen molar-refractivity contribution in [1.82, 2.24) is 0 Å². The molecule has 0 fully saturated rings. The van der Waals surface area contributed by atoms with E-state index in [1.54, 1.807) is 0 Å². The highest BCUT2D eigenvalue weighted by Crippen LogP contribution is 1.92. The lowest BCUT2D eigenvalue weighted by Gasteiger charge is -2.05. The van der Waals surface area contributed by atoms with Gasteiger partial charge in [-0.1, -0.05) is 0 Å². The number of nitrogens with two attached hydrogens (primary N) is 1. The number of rotatable bonds is 4. The molecule has 0 aliphatic carbocycles. The van der Waals surface area contributed by atoms with Crippen LogP contribution in [0.15, 0.2) is 0 Å². The third kappa shape index (κ3) is 3.85. The number of aliphatic carboxylic acids is 2. The molecule has 10 heavy (non-hydrogen) atoms. The second-order valence-electron chi connectivity index (χ2n) is 1.86. The van der Waals surface area contributed by atoms with Crippen LogP contribution in [0, 0.1) is 0 Å². The average molecular weight is 146 g/mol. The minimum Gasteiger partial charge on any atom is -0.550 e. The molecule has 0 aliphatic heterocycles. The van der Waals surface area contributed by atoms with Crippen molar-refractivity contribution >= 4 is 11.9 Å². The summed E-state index contributed by atoms with van der Waals surface area (Å²) < 4.78 is 0. The number of carboxylic acid groups (broad SMARTS) is 2. The first-order valence-corrected chi connectivity index (χ1v) is 2.72. The summed E-state index contributed by atoms with van der Waals surface area (Å²) in [5.41, 5.74) is 4.97. The Morgan fingerprint density at radius 1 is 1.60 bits per heavy atom. The van der Waals surface area contributed by atoms with Gasteiger partial charge in [0, 0.05) is 5.97 Å². The van der Waals surface area contributed by atoms with Crippen LogP contribution in [0.2, 0.25) is 0 Å². The summed E-state index contributed by atoms with van der Waals surface area (Å²) >= 11 is 0. The molecule has 1 atom stereocenters. The van der Waals surface area contributed by atoms with E-state index in [1.807, 2.05) is 0 Å². The number of hydrogen-bond acceptors (Lipinski definition) is 4. The molecular weight excluding hydrogens is 138 g/mol. The van der Waals surface area contributed by atoms with E-state index in [9.17, 15) is 14.7 Å². The molecule has 0 amide bonds. The Morgan fingerprint density at radius 2 is 2.10 bits per heavy atom. The van der Waals surface area contributed by atoms with Gasteiger partial charge in [-0.2, -0.15) is 0 Å². The molecule has 3 N–H and O–H groups in total. The zero-order valence-electron chi connectivity index (χ0n) is 5.24. The molecule has 0 saturated carbocycles. The van der Waals surface area contributed by atoms with Crippen LogP contribution in [0.3, 0.4) is 0 Å². The molecular formula is C5H8NO4-. The van der Waals surface area contributed by atoms with Crippen LogP contribution in [0.1, 0.15) is 12.8 Å². The molecule has 5 nitrogen and oxygen atoms in total. The summed E-state index contributed by atoms with van der Waals surface area (Å²) in [6.45, 7) is 0. The van der Waals surface area contributed by atoms with Gasteiger partial charge in [-0.15, -0.1) is 0 Å². The zero-order chi connectivity index (χ0) is 8.15. The molecule has 58 valence electrons. The van der Waals surface area contributed by atoms with Crippen LogP contribution >= 0.6 is 0 Å². The zero-order valence-corrected chi connectivity index (χ0v) is 5.24. The lowest BCUT2D eigenvalue weighted by Crippen LogP contribution is -2.32. The maximum atomic E-state index is 9.97. The van der Waals surface area contributed by atoms with Crippen molar-refractivity contribution in [2.24, 2.45) is 5.73 Å². The van der Waals surface area contributed by atoms with Crippen molar-refractivity contribution in [2.45, 2.75) is 18.9 Å². The lowest BCUT2D eigenvalue weighted by molar-refractivity contribution is -0.305. The highest BCUT2D eigenvalue weighted by Gasteiger charge is 2.09. The van der Waals surface area contributed by atoms with Crippen molar-refractivity contribution in [3.63, 3.8) is 0 Å². The third-order valence-electron chi connectivity index (χ3n) is 0.977. The van der Waals surface area contributed by atoms with Gasteiger partial charge in [0.1, 0.15) is 6.04 Å². The SMILES string of the molecule is NC(CCC(=O)[O-])C(=O)O. The minimum absolute atomic E-state index is 0.0856. The summed E-state index contributed by atoms with van der Waals surface area (Å²) in [5, 5.41) is 17.9. The van der Waals surface area contributed by atoms with Crippen LogP contribution in [0.25, 0.3) is 0 Å². The summed E-state index contributed by atoms with van der Waals surface area (Å²) in [4.78, 5) is 19.7. The average Bonchev–Trinajstić information content (AvgIpc) is 1.82.